The van der Waals surface area contributed by atoms with Crippen molar-refractivity contribution in [2.45, 2.75) is 13.0 Å². The van der Waals surface area contributed by atoms with Crippen molar-refractivity contribution in [1.82, 2.24) is 15.1 Å². The summed E-state index contributed by atoms with van der Waals surface area (Å²) in [5.41, 5.74) is 2.20. The van der Waals surface area contributed by atoms with Crippen LogP contribution in [0.1, 0.15) is 12.0 Å². The van der Waals surface area contributed by atoms with E-state index in [4.69, 9.17) is 0 Å². The Morgan fingerprint density at radius 2 is 1.50 bits per heavy atom. The highest BCUT2D eigenvalue weighted by molar-refractivity contribution is 5.93. The smallest absolute Gasteiger partial charge is 0.319 e. The molecule has 156 valence electrons. The lowest BCUT2D eigenvalue weighted by Gasteiger charge is -2.34. The maximum atomic E-state index is 12.2. The summed E-state index contributed by atoms with van der Waals surface area (Å²) in [4.78, 5) is 17.2. The summed E-state index contributed by atoms with van der Waals surface area (Å²) >= 11 is 0. The van der Waals surface area contributed by atoms with Gasteiger partial charge in [-0.25, -0.2) is 4.79 Å². The van der Waals surface area contributed by atoms with E-state index in [0.717, 1.165) is 56.8 Å². The zero-order chi connectivity index (χ0) is 20.6. The third kappa shape index (κ3) is 5.81. The van der Waals surface area contributed by atoms with E-state index in [1.807, 2.05) is 30.3 Å². The topological polar surface area (TPSA) is 47.6 Å². The lowest BCUT2D eigenvalue weighted by atomic mass is 10.1. The Labute approximate surface area is 178 Å². The first-order valence-electron chi connectivity index (χ1n) is 10.8. The van der Waals surface area contributed by atoms with Gasteiger partial charge in [-0.15, -0.1) is 0 Å². The van der Waals surface area contributed by atoms with E-state index in [-0.39, 0.29) is 6.03 Å². The fourth-order valence-corrected chi connectivity index (χ4v) is 3.96. The minimum Gasteiger partial charge on any atom is -0.338 e. The number of anilines is 1. The van der Waals surface area contributed by atoms with Gasteiger partial charge >= 0.3 is 6.03 Å². The van der Waals surface area contributed by atoms with Crippen LogP contribution < -0.4 is 10.6 Å². The molecule has 0 aromatic heterocycles. The SMILES string of the molecule is O=C(NCCCN1CCN(Cc2ccccc2)CC1)Nc1ccc2ccccc2c1. The first kappa shape index (κ1) is 20.4. The Bertz CT molecular complexity index is 952. The van der Waals surface area contributed by atoms with Gasteiger partial charge < -0.3 is 15.5 Å². The molecule has 0 unspecified atom stereocenters. The molecule has 0 saturated carbocycles. The molecule has 1 aliphatic rings. The van der Waals surface area contributed by atoms with Gasteiger partial charge in [-0.3, -0.25) is 4.90 Å². The molecule has 1 aliphatic heterocycles. The number of amides is 2. The van der Waals surface area contributed by atoms with Gasteiger partial charge in [-0.1, -0.05) is 60.7 Å². The minimum absolute atomic E-state index is 0.141. The van der Waals surface area contributed by atoms with Crippen molar-refractivity contribution in [2.75, 3.05) is 44.6 Å². The second-order valence-electron chi connectivity index (χ2n) is 7.90. The van der Waals surface area contributed by atoms with Crippen LogP contribution >= 0.6 is 0 Å². The minimum atomic E-state index is -0.141. The van der Waals surface area contributed by atoms with E-state index < -0.39 is 0 Å². The van der Waals surface area contributed by atoms with E-state index >= 15 is 0 Å². The number of carbonyl (C=O) groups is 1. The third-order valence-electron chi connectivity index (χ3n) is 5.66. The van der Waals surface area contributed by atoms with Gasteiger partial charge in [0.25, 0.3) is 0 Å². The molecule has 1 saturated heterocycles. The molecule has 0 spiro atoms. The summed E-state index contributed by atoms with van der Waals surface area (Å²) in [6.07, 6.45) is 0.962. The molecular formula is C25H30N4O. The summed E-state index contributed by atoms with van der Waals surface area (Å²) in [7, 11) is 0. The summed E-state index contributed by atoms with van der Waals surface area (Å²) in [5.74, 6) is 0. The lowest BCUT2D eigenvalue weighted by molar-refractivity contribution is 0.126. The summed E-state index contributed by atoms with van der Waals surface area (Å²) < 4.78 is 0. The van der Waals surface area contributed by atoms with E-state index in [0.29, 0.717) is 6.54 Å². The van der Waals surface area contributed by atoms with Gasteiger partial charge in [-0.2, -0.15) is 0 Å². The van der Waals surface area contributed by atoms with Crippen LogP contribution in [0.4, 0.5) is 10.5 Å². The molecule has 3 aromatic carbocycles. The molecular weight excluding hydrogens is 372 g/mol. The standard InChI is InChI=1S/C25H30N4O/c30-25(27-24-12-11-22-9-4-5-10-23(22)19-24)26-13-6-14-28-15-17-29(18-16-28)20-21-7-2-1-3-8-21/h1-5,7-12,19H,6,13-18,20H2,(H2,26,27,30). The number of hydrogen-bond acceptors (Lipinski definition) is 3. The largest absolute Gasteiger partial charge is 0.338 e. The predicted molar refractivity (Wildman–Crippen MR) is 124 cm³/mol. The van der Waals surface area contributed by atoms with Crippen LogP contribution in [0.15, 0.2) is 72.8 Å². The van der Waals surface area contributed by atoms with Crippen LogP contribution in [0, 0.1) is 0 Å². The van der Waals surface area contributed by atoms with Gasteiger partial charge in [0.15, 0.2) is 0 Å². The van der Waals surface area contributed by atoms with E-state index in [1.54, 1.807) is 0 Å². The Morgan fingerprint density at radius 1 is 0.800 bits per heavy atom. The number of hydrogen-bond donors (Lipinski definition) is 2. The van der Waals surface area contributed by atoms with Crippen molar-refractivity contribution in [3.8, 4) is 0 Å². The van der Waals surface area contributed by atoms with Gasteiger partial charge in [0.05, 0.1) is 0 Å². The number of nitrogens with one attached hydrogen (secondary N) is 2. The molecule has 0 atom stereocenters. The monoisotopic (exact) mass is 402 g/mol. The van der Waals surface area contributed by atoms with Crippen molar-refractivity contribution < 1.29 is 4.79 Å². The van der Waals surface area contributed by atoms with Gasteiger partial charge in [0.2, 0.25) is 0 Å². The van der Waals surface area contributed by atoms with E-state index in [1.165, 1.54) is 10.9 Å². The molecule has 0 aliphatic carbocycles. The normalized spacial score (nSPS) is 15.2. The van der Waals surface area contributed by atoms with Crippen LogP contribution in [0.2, 0.25) is 0 Å². The number of carbonyl (C=O) groups excluding carboxylic acids is 1. The fraction of sp³-hybridized carbons (Fsp3) is 0.320. The Balaban J connectivity index is 1.12. The van der Waals surface area contributed by atoms with Crippen LogP contribution in [-0.4, -0.2) is 55.1 Å². The van der Waals surface area contributed by atoms with Crippen LogP contribution in [-0.2, 0) is 6.54 Å². The van der Waals surface area contributed by atoms with Gasteiger partial charge in [-0.05, 0) is 41.4 Å². The maximum Gasteiger partial charge on any atom is 0.319 e. The van der Waals surface area contributed by atoms with Crippen molar-refractivity contribution in [2.24, 2.45) is 0 Å². The number of benzene rings is 3. The molecule has 1 fully saturated rings. The first-order valence-corrected chi connectivity index (χ1v) is 10.8. The molecule has 5 nitrogen and oxygen atoms in total. The molecule has 3 aromatic rings. The maximum absolute atomic E-state index is 12.2. The zero-order valence-electron chi connectivity index (χ0n) is 17.4. The van der Waals surface area contributed by atoms with Gasteiger partial charge in [0, 0.05) is 45.0 Å². The second kappa shape index (κ2) is 10.2. The fourth-order valence-electron chi connectivity index (χ4n) is 3.96. The highest BCUT2D eigenvalue weighted by atomic mass is 16.2. The second-order valence-corrected chi connectivity index (χ2v) is 7.90. The average Bonchev–Trinajstić information content (AvgIpc) is 2.78. The van der Waals surface area contributed by atoms with Crippen molar-refractivity contribution in [3.63, 3.8) is 0 Å². The Kier molecular flexibility index (Phi) is 6.95. The summed E-state index contributed by atoms with van der Waals surface area (Å²) in [6, 6.07) is 24.7. The van der Waals surface area contributed by atoms with Crippen LogP contribution in [0.5, 0.6) is 0 Å². The summed E-state index contributed by atoms with van der Waals surface area (Å²) in [6.45, 7) is 7.13. The zero-order valence-corrected chi connectivity index (χ0v) is 17.4. The number of rotatable bonds is 7. The molecule has 0 radical (unpaired) electrons. The summed E-state index contributed by atoms with van der Waals surface area (Å²) in [5, 5.41) is 8.20. The number of fused-ring (bicyclic) bond motifs is 1. The molecule has 4 rings (SSSR count). The molecule has 0 bridgehead atoms. The first-order chi connectivity index (χ1) is 14.8. The predicted octanol–water partition coefficient (Wildman–Crippen LogP) is 4.17. The average molecular weight is 403 g/mol. The Morgan fingerprint density at radius 3 is 2.30 bits per heavy atom. The number of urea groups is 1. The Hall–Kier alpha value is -2.89. The highest BCUT2D eigenvalue weighted by Crippen LogP contribution is 2.18. The molecule has 5 heteroatoms. The van der Waals surface area contributed by atoms with Crippen molar-refractivity contribution in [1.29, 1.82) is 0 Å². The van der Waals surface area contributed by atoms with E-state index in [9.17, 15) is 4.79 Å². The van der Waals surface area contributed by atoms with Crippen molar-refractivity contribution >= 4 is 22.5 Å². The van der Waals surface area contributed by atoms with Crippen LogP contribution in [0.25, 0.3) is 10.8 Å². The quantitative estimate of drug-likeness (QED) is 0.583. The van der Waals surface area contributed by atoms with E-state index in [2.05, 4.69) is 62.9 Å². The highest BCUT2D eigenvalue weighted by Gasteiger charge is 2.16. The number of piperazine rings is 1. The van der Waals surface area contributed by atoms with Gasteiger partial charge in [0.1, 0.15) is 0 Å². The van der Waals surface area contributed by atoms with Crippen LogP contribution in [0.3, 0.4) is 0 Å². The third-order valence-corrected chi connectivity index (χ3v) is 5.66. The molecule has 2 amide bonds. The number of nitrogens with zero attached hydrogens (tertiary/aromatic N) is 2. The molecule has 30 heavy (non-hydrogen) atoms. The molecule has 1 heterocycles. The van der Waals surface area contributed by atoms with Crippen molar-refractivity contribution in [3.05, 3.63) is 78.4 Å². The lowest BCUT2D eigenvalue weighted by Crippen LogP contribution is -2.46. The molecule has 2 N–H and O–H groups in total.